The van der Waals surface area contributed by atoms with E-state index in [0.29, 0.717) is 11.1 Å². The molecule has 0 saturated heterocycles. The van der Waals surface area contributed by atoms with Gasteiger partial charge in [0.25, 0.3) is 0 Å². The first-order valence-corrected chi connectivity index (χ1v) is 4.96. The summed E-state index contributed by atoms with van der Waals surface area (Å²) in [7, 11) is 0. The summed E-state index contributed by atoms with van der Waals surface area (Å²) in [6.45, 7) is 5.28. The zero-order valence-corrected chi connectivity index (χ0v) is 9.44. The fourth-order valence-corrected chi connectivity index (χ4v) is 1.73. The standard InChI is InChI=1S/C12H14O4/c1-6(2)8-4-5-9(11(13)14)7(3)10(8)12(15)16/h4-6H,1-3H3,(H,13,14)(H,15,16). The van der Waals surface area contributed by atoms with E-state index in [9.17, 15) is 9.59 Å². The average molecular weight is 222 g/mol. The number of carboxylic acids is 2. The fourth-order valence-electron chi connectivity index (χ4n) is 1.73. The Morgan fingerprint density at radius 2 is 1.69 bits per heavy atom. The lowest BCUT2D eigenvalue weighted by molar-refractivity contribution is 0.0694. The van der Waals surface area contributed by atoms with Crippen molar-refractivity contribution in [1.29, 1.82) is 0 Å². The largest absolute Gasteiger partial charge is 0.478 e. The molecule has 0 unspecified atom stereocenters. The summed E-state index contributed by atoms with van der Waals surface area (Å²) < 4.78 is 0. The molecule has 4 nitrogen and oxygen atoms in total. The molecule has 16 heavy (non-hydrogen) atoms. The predicted molar refractivity (Wildman–Crippen MR) is 59.2 cm³/mol. The van der Waals surface area contributed by atoms with Gasteiger partial charge in [-0.25, -0.2) is 9.59 Å². The van der Waals surface area contributed by atoms with Gasteiger partial charge in [0, 0.05) is 0 Å². The van der Waals surface area contributed by atoms with Crippen LogP contribution in [0.2, 0.25) is 0 Å². The van der Waals surface area contributed by atoms with Crippen molar-refractivity contribution in [2.24, 2.45) is 0 Å². The van der Waals surface area contributed by atoms with Crippen molar-refractivity contribution in [3.8, 4) is 0 Å². The predicted octanol–water partition coefficient (Wildman–Crippen LogP) is 2.51. The maximum absolute atomic E-state index is 11.1. The Hall–Kier alpha value is -1.84. The van der Waals surface area contributed by atoms with Gasteiger partial charge in [0.1, 0.15) is 0 Å². The molecule has 0 amide bonds. The molecule has 0 aliphatic heterocycles. The van der Waals surface area contributed by atoms with E-state index in [-0.39, 0.29) is 17.0 Å². The van der Waals surface area contributed by atoms with Gasteiger partial charge < -0.3 is 10.2 Å². The van der Waals surface area contributed by atoms with E-state index in [1.54, 1.807) is 6.07 Å². The summed E-state index contributed by atoms with van der Waals surface area (Å²) in [6.07, 6.45) is 0. The van der Waals surface area contributed by atoms with Gasteiger partial charge >= 0.3 is 11.9 Å². The number of hydrogen-bond acceptors (Lipinski definition) is 2. The van der Waals surface area contributed by atoms with Crippen LogP contribution >= 0.6 is 0 Å². The lowest BCUT2D eigenvalue weighted by atomic mass is 9.91. The molecule has 0 aliphatic rings. The lowest BCUT2D eigenvalue weighted by Crippen LogP contribution is -2.11. The van der Waals surface area contributed by atoms with Crippen LogP contribution in [0, 0.1) is 6.92 Å². The highest BCUT2D eigenvalue weighted by molar-refractivity contribution is 5.97. The third kappa shape index (κ3) is 2.05. The van der Waals surface area contributed by atoms with E-state index in [2.05, 4.69) is 0 Å². The van der Waals surface area contributed by atoms with Crippen LogP contribution in [0.1, 0.15) is 51.6 Å². The van der Waals surface area contributed by atoms with Crippen molar-refractivity contribution in [1.82, 2.24) is 0 Å². The molecule has 0 saturated carbocycles. The highest BCUT2D eigenvalue weighted by atomic mass is 16.4. The number of aromatic carboxylic acids is 2. The normalized spacial score (nSPS) is 10.5. The first-order valence-electron chi connectivity index (χ1n) is 4.96. The molecular formula is C12H14O4. The van der Waals surface area contributed by atoms with Crippen molar-refractivity contribution in [3.05, 3.63) is 34.4 Å². The van der Waals surface area contributed by atoms with E-state index in [1.165, 1.54) is 13.0 Å². The fraction of sp³-hybridized carbons (Fsp3) is 0.333. The van der Waals surface area contributed by atoms with E-state index in [1.807, 2.05) is 13.8 Å². The summed E-state index contributed by atoms with van der Waals surface area (Å²) >= 11 is 0. The van der Waals surface area contributed by atoms with E-state index in [4.69, 9.17) is 10.2 Å². The quantitative estimate of drug-likeness (QED) is 0.824. The van der Waals surface area contributed by atoms with E-state index >= 15 is 0 Å². The Kier molecular flexibility index (Phi) is 3.32. The monoisotopic (exact) mass is 222 g/mol. The van der Waals surface area contributed by atoms with Gasteiger partial charge in [-0.15, -0.1) is 0 Å². The Labute approximate surface area is 93.5 Å². The molecule has 2 N–H and O–H groups in total. The molecule has 0 spiro atoms. The summed E-state index contributed by atoms with van der Waals surface area (Å²) in [4.78, 5) is 22.0. The minimum Gasteiger partial charge on any atom is -0.478 e. The minimum absolute atomic E-state index is 0.0433. The second kappa shape index (κ2) is 4.35. The van der Waals surface area contributed by atoms with Gasteiger partial charge in [-0.3, -0.25) is 0 Å². The summed E-state index contributed by atoms with van der Waals surface area (Å²) in [6, 6.07) is 3.03. The van der Waals surface area contributed by atoms with Gasteiger partial charge in [-0.1, -0.05) is 19.9 Å². The molecule has 4 heteroatoms. The molecule has 0 fully saturated rings. The Morgan fingerprint density at radius 1 is 1.12 bits per heavy atom. The number of carbonyl (C=O) groups is 2. The Balaban J connectivity index is 3.54. The van der Waals surface area contributed by atoms with Gasteiger partial charge in [-0.2, -0.15) is 0 Å². The molecular weight excluding hydrogens is 208 g/mol. The molecule has 0 atom stereocenters. The summed E-state index contributed by atoms with van der Waals surface area (Å²) in [5, 5.41) is 18.0. The minimum atomic E-state index is -1.10. The first-order chi connectivity index (χ1) is 7.36. The third-order valence-electron chi connectivity index (χ3n) is 2.56. The van der Waals surface area contributed by atoms with Gasteiger partial charge in [0.05, 0.1) is 11.1 Å². The third-order valence-corrected chi connectivity index (χ3v) is 2.56. The number of hydrogen-bond donors (Lipinski definition) is 2. The topological polar surface area (TPSA) is 74.6 Å². The maximum atomic E-state index is 11.1. The van der Waals surface area contributed by atoms with Gasteiger partial charge in [0.2, 0.25) is 0 Å². The number of benzene rings is 1. The second-order valence-electron chi connectivity index (χ2n) is 3.97. The highest BCUT2D eigenvalue weighted by Crippen LogP contribution is 2.25. The molecule has 1 rings (SSSR count). The smallest absolute Gasteiger partial charge is 0.336 e. The van der Waals surface area contributed by atoms with Crippen LogP contribution in [0.3, 0.4) is 0 Å². The average Bonchev–Trinajstić information content (AvgIpc) is 2.15. The van der Waals surface area contributed by atoms with Crippen LogP contribution in [-0.2, 0) is 0 Å². The highest BCUT2D eigenvalue weighted by Gasteiger charge is 2.20. The van der Waals surface area contributed by atoms with Crippen molar-refractivity contribution in [2.75, 3.05) is 0 Å². The second-order valence-corrected chi connectivity index (χ2v) is 3.97. The molecule has 1 aromatic rings. The molecule has 0 heterocycles. The molecule has 1 aromatic carbocycles. The van der Waals surface area contributed by atoms with Crippen LogP contribution in [0.4, 0.5) is 0 Å². The first kappa shape index (κ1) is 12.2. The van der Waals surface area contributed by atoms with Crippen molar-refractivity contribution >= 4 is 11.9 Å². The van der Waals surface area contributed by atoms with Gasteiger partial charge in [0.15, 0.2) is 0 Å². The number of rotatable bonds is 3. The van der Waals surface area contributed by atoms with Crippen LogP contribution < -0.4 is 0 Å². The summed E-state index contributed by atoms with van der Waals surface area (Å²) in [5.41, 5.74) is 1.12. The maximum Gasteiger partial charge on any atom is 0.336 e. The lowest BCUT2D eigenvalue weighted by Gasteiger charge is -2.13. The van der Waals surface area contributed by atoms with Crippen molar-refractivity contribution in [3.63, 3.8) is 0 Å². The molecule has 0 aromatic heterocycles. The number of carboxylic acid groups (broad SMARTS) is 2. The van der Waals surface area contributed by atoms with E-state index < -0.39 is 11.9 Å². The van der Waals surface area contributed by atoms with Crippen molar-refractivity contribution in [2.45, 2.75) is 26.7 Å². The van der Waals surface area contributed by atoms with Crippen LogP contribution in [0.5, 0.6) is 0 Å². The summed E-state index contributed by atoms with van der Waals surface area (Å²) in [5.74, 6) is -2.13. The Bertz CT molecular complexity index is 447. The zero-order valence-electron chi connectivity index (χ0n) is 9.44. The SMILES string of the molecule is Cc1c(C(=O)O)ccc(C(C)C)c1C(=O)O. The zero-order chi connectivity index (χ0) is 12.5. The molecule has 0 bridgehead atoms. The molecule has 86 valence electrons. The van der Waals surface area contributed by atoms with Crippen LogP contribution in [0.25, 0.3) is 0 Å². The van der Waals surface area contributed by atoms with E-state index in [0.717, 1.165) is 0 Å². The van der Waals surface area contributed by atoms with Crippen LogP contribution in [0.15, 0.2) is 12.1 Å². The van der Waals surface area contributed by atoms with Gasteiger partial charge in [-0.05, 0) is 30.0 Å². The molecule has 0 aliphatic carbocycles. The van der Waals surface area contributed by atoms with Crippen LogP contribution in [-0.4, -0.2) is 22.2 Å². The molecule has 0 radical (unpaired) electrons. The Morgan fingerprint density at radius 3 is 2.06 bits per heavy atom. The van der Waals surface area contributed by atoms with Crippen molar-refractivity contribution < 1.29 is 19.8 Å².